The summed E-state index contributed by atoms with van der Waals surface area (Å²) in [6.45, 7) is 20.1. The number of carbonyl (C=O) groups excluding carboxylic acids is 2. The van der Waals surface area contributed by atoms with Gasteiger partial charge in [-0.25, -0.2) is 9.59 Å². The molecule has 152 valence electrons. The maximum atomic E-state index is 11.0. The summed E-state index contributed by atoms with van der Waals surface area (Å²) in [5.74, 6) is 0.897. The first-order chi connectivity index (χ1) is 12.1. The largest absolute Gasteiger partial charge is 0.462 e. The molecule has 0 aromatic carbocycles. The molecule has 0 saturated carbocycles. The molecule has 0 aliphatic rings. The van der Waals surface area contributed by atoms with Crippen LogP contribution in [0.15, 0.2) is 24.3 Å². The minimum atomic E-state index is -0.279. The molecule has 0 spiro atoms. The molecule has 0 saturated heterocycles. The molecule has 0 atom stereocenters. The summed E-state index contributed by atoms with van der Waals surface area (Å²) in [6, 6.07) is 0. The van der Waals surface area contributed by atoms with E-state index >= 15 is 0 Å². The maximum Gasteiger partial charge on any atom is 0.333 e. The van der Waals surface area contributed by atoms with Gasteiger partial charge >= 0.3 is 11.9 Å². The number of rotatable bonds is 12. The highest BCUT2D eigenvalue weighted by atomic mass is 16.5. The van der Waals surface area contributed by atoms with Crippen molar-refractivity contribution in [2.24, 2.45) is 11.8 Å². The number of hydrogen-bond acceptors (Lipinski definition) is 4. The van der Waals surface area contributed by atoms with Crippen LogP contribution in [-0.4, -0.2) is 25.2 Å². The lowest BCUT2D eigenvalue weighted by molar-refractivity contribution is -0.139. The van der Waals surface area contributed by atoms with Crippen molar-refractivity contribution in [1.82, 2.24) is 0 Å². The SMILES string of the molecule is C=C(C)C(=O)OCCCC(C)C.C=C(C)C(=O)OCCCCCC(C)C. The molecule has 0 bridgehead atoms. The average molecular weight is 369 g/mol. The third kappa shape index (κ3) is 20.5. The second-order valence-electron chi connectivity index (χ2n) is 7.61. The Morgan fingerprint density at radius 2 is 1.08 bits per heavy atom. The first-order valence-corrected chi connectivity index (χ1v) is 9.73. The van der Waals surface area contributed by atoms with Gasteiger partial charge in [-0.3, -0.25) is 0 Å². The van der Waals surface area contributed by atoms with Crippen LogP contribution in [0.5, 0.6) is 0 Å². The standard InChI is InChI=1S/C12H22O2.C10H18O2/c1-10(2)8-6-5-7-9-14-12(13)11(3)4;1-8(2)6-5-7-12-10(11)9(3)4/h10H,3,5-9H2,1-2,4H3;8H,3,5-7H2,1-2,4H3. The summed E-state index contributed by atoms with van der Waals surface area (Å²) >= 11 is 0. The fourth-order valence-electron chi connectivity index (χ4n) is 1.90. The van der Waals surface area contributed by atoms with E-state index in [0.29, 0.717) is 30.3 Å². The van der Waals surface area contributed by atoms with Crippen LogP contribution in [0.25, 0.3) is 0 Å². The highest BCUT2D eigenvalue weighted by Crippen LogP contribution is 2.08. The number of hydrogen-bond donors (Lipinski definition) is 0. The molecular formula is C22H40O4. The molecule has 0 amide bonds. The van der Waals surface area contributed by atoms with Gasteiger partial charge in [-0.05, 0) is 44.9 Å². The quantitative estimate of drug-likeness (QED) is 0.246. The van der Waals surface area contributed by atoms with Gasteiger partial charge in [0.1, 0.15) is 0 Å². The van der Waals surface area contributed by atoms with Crippen molar-refractivity contribution in [2.75, 3.05) is 13.2 Å². The molecule has 0 aromatic rings. The van der Waals surface area contributed by atoms with Crippen molar-refractivity contribution in [2.45, 2.75) is 80.1 Å². The molecular weight excluding hydrogens is 328 g/mol. The van der Waals surface area contributed by atoms with E-state index in [1.165, 1.54) is 12.8 Å². The maximum absolute atomic E-state index is 11.0. The molecule has 26 heavy (non-hydrogen) atoms. The van der Waals surface area contributed by atoms with Gasteiger partial charge in [-0.2, -0.15) is 0 Å². The van der Waals surface area contributed by atoms with Crippen molar-refractivity contribution in [1.29, 1.82) is 0 Å². The van der Waals surface area contributed by atoms with Gasteiger partial charge in [0.05, 0.1) is 13.2 Å². The van der Waals surface area contributed by atoms with Crippen molar-refractivity contribution < 1.29 is 19.1 Å². The lowest BCUT2D eigenvalue weighted by atomic mass is 10.1. The Morgan fingerprint density at radius 1 is 0.692 bits per heavy atom. The van der Waals surface area contributed by atoms with E-state index in [9.17, 15) is 9.59 Å². The van der Waals surface area contributed by atoms with E-state index in [1.807, 2.05) is 0 Å². The van der Waals surface area contributed by atoms with Gasteiger partial charge in [-0.1, -0.05) is 60.1 Å². The van der Waals surface area contributed by atoms with Crippen LogP contribution in [0.4, 0.5) is 0 Å². The monoisotopic (exact) mass is 368 g/mol. The highest BCUT2D eigenvalue weighted by Gasteiger charge is 2.03. The van der Waals surface area contributed by atoms with Crippen molar-refractivity contribution in [3.8, 4) is 0 Å². The Hall–Kier alpha value is -1.58. The molecule has 0 heterocycles. The topological polar surface area (TPSA) is 52.6 Å². The van der Waals surface area contributed by atoms with Gasteiger partial charge in [0.2, 0.25) is 0 Å². The zero-order chi connectivity index (χ0) is 20.5. The molecule has 0 radical (unpaired) electrons. The summed E-state index contributed by atoms with van der Waals surface area (Å²) in [7, 11) is 0. The number of esters is 2. The Bertz CT molecular complexity index is 422. The van der Waals surface area contributed by atoms with E-state index in [2.05, 4.69) is 40.9 Å². The molecule has 0 fully saturated rings. The Kier molecular flexibility index (Phi) is 17.3. The zero-order valence-electron chi connectivity index (χ0n) is 17.9. The summed E-state index contributed by atoms with van der Waals surface area (Å²) in [5, 5.41) is 0. The molecule has 0 N–H and O–H groups in total. The zero-order valence-corrected chi connectivity index (χ0v) is 17.9. The first kappa shape index (κ1) is 26.6. The number of unbranched alkanes of at least 4 members (excludes halogenated alkanes) is 2. The van der Waals surface area contributed by atoms with Crippen LogP contribution in [0.1, 0.15) is 80.1 Å². The van der Waals surface area contributed by atoms with Crippen LogP contribution in [0.3, 0.4) is 0 Å². The third-order valence-electron chi connectivity index (χ3n) is 3.51. The van der Waals surface area contributed by atoms with Gasteiger partial charge in [-0.15, -0.1) is 0 Å². The van der Waals surface area contributed by atoms with Crippen molar-refractivity contribution >= 4 is 11.9 Å². The Morgan fingerprint density at radius 3 is 1.46 bits per heavy atom. The van der Waals surface area contributed by atoms with Crippen LogP contribution >= 0.6 is 0 Å². The summed E-state index contributed by atoms with van der Waals surface area (Å²) in [5.41, 5.74) is 0.951. The van der Waals surface area contributed by atoms with Crippen molar-refractivity contribution in [3.05, 3.63) is 24.3 Å². The molecule has 0 rings (SSSR count). The first-order valence-electron chi connectivity index (χ1n) is 9.73. The van der Waals surface area contributed by atoms with Crippen LogP contribution in [0.2, 0.25) is 0 Å². The number of carbonyl (C=O) groups is 2. The van der Waals surface area contributed by atoms with Crippen LogP contribution in [-0.2, 0) is 19.1 Å². The smallest absolute Gasteiger partial charge is 0.333 e. The van der Waals surface area contributed by atoms with E-state index in [-0.39, 0.29) is 11.9 Å². The normalized spacial score (nSPS) is 10.2. The second kappa shape index (κ2) is 16.9. The fraction of sp³-hybridized carbons (Fsp3) is 0.727. The van der Waals surface area contributed by atoms with Crippen molar-refractivity contribution in [3.63, 3.8) is 0 Å². The van der Waals surface area contributed by atoms with Crippen LogP contribution < -0.4 is 0 Å². The molecule has 4 nitrogen and oxygen atoms in total. The summed E-state index contributed by atoms with van der Waals surface area (Å²) in [4.78, 5) is 21.8. The summed E-state index contributed by atoms with van der Waals surface area (Å²) < 4.78 is 9.89. The highest BCUT2D eigenvalue weighted by molar-refractivity contribution is 5.87. The van der Waals surface area contributed by atoms with E-state index < -0.39 is 0 Å². The minimum Gasteiger partial charge on any atom is -0.462 e. The molecule has 0 aromatic heterocycles. The minimum absolute atomic E-state index is 0.270. The van der Waals surface area contributed by atoms with Gasteiger partial charge in [0, 0.05) is 11.1 Å². The molecule has 4 heteroatoms. The molecule has 0 aliphatic carbocycles. The Labute approximate surface area is 161 Å². The fourth-order valence-corrected chi connectivity index (χ4v) is 1.90. The lowest BCUT2D eigenvalue weighted by Gasteiger charge is -2.05. The predicted octanol–water partition coefficient (Wildman–Crippen LogP) is 5.86. The second-order valence-corrected chi connectivity index (χ2v) is 7.61. The van der Waals surface area contributed by atoms with Gasteiger partial charge in [0.15, 0.2) is 0 Å². The molecule has 0 aliphatic heterocycles. The Balaban J connectivity index is 0. The third-order valence-corrected chi connectivity index (χ3v) is 3.51. The average Bonchev–Trinajstić information content (AvgIpc) is 2.54. The van der Waals surface area contributed by atoms with Gasteiger partial charge in [0.25, 0.3) is 0 Å². The predicted molar refractivity (Wildman–Crippen MR) is 109 cm³/mol. The van der Waals surface area contributed by atoms with E-state index in [4.69, 9.17) is 9.47 Å². The van der Waals surface area contributed by atoms with Gasteiger partial charge < -0.3 is 9.47 Å². The van der Waals surface area contributed by atoms with Crippen LogP contribution in [0, 0.1) is 11.8 Å². The molecule has 0 unspecified atom stereocenters. The number of ether oxygens (including phenoxy) is 2. The lowest BCUT2D eigenvalue weighted by Crippen LogP contribution is -2.06. The van der Waals surface area contributed by atoms with E-state index in [1.54, 1.807) is 13.8 Å². The van der Waals surface area contributed by atoms with E-state index in [0.717, 1.165) is 31.6 Å². The summed E-state index contributed by atoms with van der Waals surface area (Å²) in [6.07, 6.45) is 6.63.